The molecule has 0 spiro atoms. The highest BCUT2D eigenvalue weighted by molar-refractivity contribution is 5.03. The van der Waals surface area contributed by atoms with E-state index in [0.29, 0.717) is 66.1 Å². The number of methoxy groups -OCH3 is 4. The van der Waals surface area contributed by atoms with E-state index in [4.69, 9.17) is 47.4 Å². The molecule has 0 aromatic rings. The minimum absolute atomic E-state index is 0.370. The topological polar surface area (TPSA) is 92.3 Å². The molecule has 1 heterocycles. The largest absolute Gasteiger partial charge is 0.377 e. The Balaban J connectivity index is 2.08. The summed E-state index contributed by atoms with van der Waals surface area (Å²) in [5.41, 5.74) is 0. The summed E-state index contributed by atoms with van der Waals surface area (Å²) >= 11 is 0. The summed E-state index contributed by atoms with van der Waals surface area (Å²) in [5, 5.41) is 0. The molecule has 0 amide bonds. The standard InChI is InChI=1S/C20H38O10/c1-21-15-16(22-2)18(24-4)20-19(17(15)23-3)29-13-11-27-9-7-25-5-6-26-8-10-28-12-14-30-20/h15-20H,5-14H2,1-4H3/t15-,16-,17+,18+,19-,20-/m0/s1. The summed E-state index contributed by atoms with van der Waals surface area (Å²) in [5.74, 6) is 0. The molecule has 0 N–H and O–H groups in total. The normalized spacial score (nSPS) is 36.4. The van der Waals surface area contributed by atoms with Gasteiger partial charge in [0.05, 0.1) is 66.1 Å². The summed E-state index contributed by atoms with van der Waals surface area (Å²) in [4.78, 5) is 0. The summed E-state index contributed by atoms with van der Waals surface area (Å²) in [6.45, 7) is 4.61. The molecule has 0 unspecified atom stereocenters. The van der Waals surface area contributed by atoms with Crippen LogP contribution in [-0.4, -0.2) is 131 Å². The Morgan fingerprint density at radius 1 is 0.400 bits per heavy atom. The predicted molar refractivity (Wildman–Crippen MR) is 106 cm³/mol. The molecular weight excluding hydrogens is 400 g/mol. The zero-order valence-corrected chi connectivity index (χ0v) is 18.6. The summed E-state index contributed by atoms with van der Waals surface area (Å²) < 4.78 is 57.3. The van der Waals surface area contributed by atoms with Crippen molar-refractivity contribution >= 4 is 0 Å². The SMILES string of the molecule is CO[C@H]1[C@H](OC)[C@@H](OC)[C@@H]2OCCOCCOCCOCCOCCO[C@H]2[C@@H]1OC. The third kappa shape index (κ3) is 7.63. The minimum atomic E-state index is -0.432. The molecule has 2 rings (SSSR count). The van der Waals surface area contributed by atoms with Crippen LogP contribution in [0.5, 0.6) is 0 Å². The van der Waals surface area contributed by atoms with Gasteiger partial charge in [-0.25, -0.2) is 0 Å². The van der Waals surface area contributed by atoms with E-state index in [1.54, 1.807) is 28.4 Å². The molecule has 1 saturated carbocycles. The van der Waals surface area contributed by atoms with E-state index >= 15 is 0 Å². The van der Waals surface area contributed by atoms with E-state index in [-0.39, 0.29) is 12.2 Å². The first-order valence-electron chi connectivity index (χ1n) is 10.4. The van der Waals surface area contributed by atoms with Crippen molar-refractivity contribution in [3.05, 3.63) is 0 Å². The number of hydrogen-bond donors (Lipinski definition) is 0. The number of fused-ring (bicyclic) bond motifs is 1. The first-order chi connectivity index (χ1) is 14.8. The third-order valence-corrected chi connectivity index (χ3v) is 5.22. The van der Waals surface area contributed by atoms with Gasteiger partial charge in [-0.3, -0.25) is 0 Å². The average molecular weight is 439 g/mol. The van der Waals surface area contributed by atoms with Gasteiger partial charge in [0.15, 0.2) is 0 Å². The molecule has 1 aliphatic heterocycles. The Morgan fingerprint density at radius 2 is 0.667 bits per heavy atom. The second kappa shape index (κ2) is 15.4. The van der Waals surface area contributed by atoms with Crippen LogP contribution < -0.4 is 0 Å². The molecular formula is C20H38O10. The molecule has 1 saturated heterocycles. The maximum atomic E-state index is 6.16. The van der Waals surface area contributed by atoms with Gasteiger partial charge in [0.2, 0.25) is 0 Å². The lowest BCUT2D eigenvalue weighted by Gasteiger charge is -2.48. The minimum Gasteiger partial charge on any atom is -0.377 e. The van der Waals surface area contributed by atoms with E-state index < -0.39 is 24.4 Å². The van der Waals surface area contributed by atoms with Crippen molar-refractivity contribution in [2.45, 2.75) is 36.6 Å². The van der Waals surface area contributed by atoms with E-state index in [2.05, 4.69) is 0 Å². The maximum Gasteiger partial charge on any atom is 0.115 e. The molecule has 2 fully saturated rings. The summed E-state index contributed by atoms with van der Waals surface area (Å²) in [6.07, 6.45) is -2.43. The van der Waals surface area contributed by atoms with Gasteiger partial charge < -0.3 is 47.4 Å². The van der Waals surface area contributed by atoms with Gasteiger partial charge in [0.25, 0.3) is 0 Å². The first-order valence-corrected chi connectivity index (χ1v) is 10.4. The predicted octanol–water partition coefficient (Wildman–Crippen LogP) is -0.0896. The highest BCUT2D eigenvalue weighted by Crippen LogP contribution is 2.32. The lowest BCUT2D eigenvalue weighted by Crippen LogP contribution is -2.67. The molecule has 0 bridgehead atoms. The van der Waals surface area contributed by atoms with Crippen LogP contribution in [0.2, 0.25) is 0 Å². The van der Waals surface area contributed by atoms with Gasteiger partial charge in [-0.2, -0.15) is 0 Å². The fraction of sp³-hybridized carbons (Fsp3) is 1.00. The zero-order chi connectivity index (χ0) is 21.6. The molecule has 0 aromatic carbocycles. The second-order valence-corrected chi connectivity index (χ2v) is 6.92. The Morgan fingerprint density at radius 3 is 0.933 bits per heavy atom. The fourth-order valence-electron chi connectivity index (χ4n) is 3.82. The summed E-state index contributed by atoms with van der Waals surface area (Å²) in [7, 11) is 6.49. The van der Waals surface area contributed by atoms with Crippen molar-refractivity contribution in [2.24, 2.45) is 0 Å². The van der Waals surface area contributed by atoms with E-state index in [1.807, 2.05) is 0 Å². The Labute approximate surface area is 179 Å². The van der Waals surface area contributed by atoms with Crippen molar-refractivity contribution in [1.82, 2.24) is 0 Å². The number of hydrogen-bond acceptors (Lipinski definition) is 10. The van der Waals surface area contributed by atoms with Crippen molar-refractivity contribution < 1.29 is 47.4 Å². The van der Waals surface area contributed by atoms with Crippen molar-refractivity contribution in [2.75, 3.05) is 94.5 Å². The van der Waals surface area contributed by atoms with Gasteiger partial charge in [-0.15, -0.1) is 0 Å². The molecule has 2 aliphatic rings. The molecule has 1 aliphatic carbocycles. The first kappa shape index (κ1) is 25.9. The van der Waals surface area contributed by atoms with Crippen LogP contribution in [0.25, 0.3) is 0 Å². The van der Waals surface area contributed by atoms with Crippen LogP contribution in [0.4, 0.5) is 0 Å². The second-order valence-electron chi connectivity index (χ2n) is 6.92. The van der Waals surface area contributed by atoms with E-state index in [0.717, 1.165) is 0 Å². The number of rotatable bonds is 4. The van der Waals surface area contributed by atoms with Gasteiger partial charge in [-0.05, 0) is 0 Å². The van der Waals surface area contributed by atoms with E-state index in [9.17, 15) is 0 Å². The van der Waals surface area contributed by atoms with Gasteiger partial charge >= 0.3 is 0 Å². The van der Waals surface area contributed by atoms with Crippen LogP contribution >= 0.6 is 0 Å². The highest BCUT2D eigenvalue weighted by Gasteiger charge is 2.53. The molecule has 10 nitrogen and oxygen atoms in total. The van der Waals surface area contributed by atoms with E-state index in [1.165, 1.54) is 0 Å². The van der Waals surface area contributed by atoms with Gasteiger partial charge in [-0.1, -0.05) is 0 Å². The lowest BCUT2D eigenvalue weighted by molar-refractivity contribution is -0.268. The maximum absolute atomic E-state index is 6.16. The van der Waals surface area contributed by atoms with Crippen LogP contribution in [0, 0.1) is 0 Å². The van der Waals surface area contributed by atoms with Crippen LogP contribution in [0.3, 0.4) is 0 Å². The Hall–Kier alpha value is -0.400. The smallest absolute Gasteiger partial charge is 0.115 e. The summed E-state index contributed by atoms with van der Waals surface area (Å²) in [6, 6.07) is 0. The number of ether oxygens (including phenoxy) is 10. The van der Waals surface area contributed by atoms with Gasteiger partial charge in [0.1, 0.15) is 36.6 Å². The van der Waals surface area contributed by atoms with Crippen LogP contribution in [0.1, 0.15) is 0 Å². The van der Waals surface area contributed by atoms with Crippen molar-refractivity contribution in [3.8, 4) is 0 Å². The highest BCUT2D eigenvalue weighted by atomic mass is 16.6. The molecule has 0 aromatic heterocycles. The van der Waals surface area contributed by atoms with Crippen LogP contribution in [-0.2, 0) is 47.4 Å². The molecule has 6 atom stereocenters. The Kier molecular flexibility index (Phi) is 13.3. The van der Waals surface area contributed by atoms with Crippen LogP contribution in [0.15, 0.2) is 0 Å². The lowest BCUT2D eigenvalue weighted by atomic mass is 9.84. The van der Waals surface area contributed by atoms with Gasteiger partial charge in [0, 0.05) is 28.4 Å². The van der Waals surface area contributed by atoms with Crippen molar-refractivity contribution in [1.29, 1.82) is 0 Å². The fourth-order valence-corrected chi connectivity index (χ4v) is 3.82. The molecule has 30 heavy (non-hydrogen) atoms. The van der Waals surface area contributed by atoms with Crippen molar-refractivity contribution in [3.63, 3.8) is 0 Å². The Bertz CT molecular complexity index is 388. The molecule has 0 radical (unpaired) electrons. The quantitative estimate of drug-likeness (QED) is 0.593. The monoisotopic (exact) mass is 438 g/mol. The molecule has 178 valence electrons. The third-order valence-electron chi connectivity index (χ3n) is 5.22. The zero-order valence-electron chi connectivity index (χ0n) is 18.6. The average Bonchev–Trinajstić information content (AvgIpc) is 2.77. The molecule has 10 heteroatoms.